The summed E-state index contributed by atoms with van der Waals surface area (Å²) in [7, 11) is 0. The van der Waals surface area contributed by atoms with Crippen LogP contribution in [0, 0.1) is 11.3 Å². The fourth-order valence-electron chi connectivity index (χ4n) is 8.28. The first-order valence-electron chi connectivity index (χ1n) is 16.2. The second kappa shape index (κ2) is 12.1. The van der Waals surface area contributed by atoms with Crippen LogP contribution in [0.2, 0.25) is 0 Å². The van der Waals surface area contributed by atoms with Crippen LogP contribution in [-0.4, -0.2) is 76.6 Å². The van der Waals surface area contributed by atoms with Crippen LogP contribution >= 0.6 is 0 Å². The van der Waals surface area contributed by atoms with E-state index in [-0.39, 0.29) is 24.6 Å². The molecule has 1 aliphatic carbocycles. The van der Waals surface area contributed by atoms with Gasteiger partial charge in [-0.3, -0.25) is 9.69 Å². The van der Waals surface area contributed by atoms with Gasteiger partial charge in [0, 0.05) is 31.6 Å². The number of carbonyl (C=O) groups is 1. The number of nitriles is 1. The van der Waals surface area contributed by atoms with Gasteiger partial charge in [0.2, 0.25) is 0 Å². The van der Waals surface area contributed by atoms with Crippen LogP contribution in [0.1, 0.15) is 79.0 Å². The third kappa shape index (κ3) is 5.34. The lowest BCUT2D eigenvalue weighted by molar-refractivity contribution is -0.131. The molecule has 1 aromatic heterocycles. The van der Waals surface area contributed by atoms with E-state index < -0.39 is 17.8 Å². The fraction of sp³-hybridized carbons (Fsp3) is 0.588. The molecule has 7 rings (SSSR count). The van der Waals surface area contributed by atoms with Gasteiger partial charge in [-0.2, -0.15) is 15.2 Å². The van der Waals surface area contributed by atoms with Crippen molar-refractivity contribution in [3.63, 3.8) is 0 Å². The van der Waals surface area contributed by atoms with Gasteiger partial charge in [-0.15, -0.1) is 0 Å². The van der Waals surface area contributed by atoms with Crippen LogP contribution in [0.4, 0.5) is 10.2 Å². The van der Waals surface area contributed by atoms with Gasteiger partial charge in [0.1, 0.15) is 12.4 Å². The average Bonchev–Trinajstić information content (AvgIpc) is 3.63. The minimum absolute atomic E-state index is 0.0623. The van der Waals surface area contributed by atoms with Gasteiger partial charge in [0.25, 0.3) is 5.91 Å². The lowest BCUT2D eigenvalue weighted by atomic mass is 9.85. The Kier molecular flexibility index (Phi) is 8.02. The quantitative estimate of drug-likeness (QED) is 0.426. The van der Waals surface area contributed by atoms with Crippen LogP contribution in [0.15, 0.2) is 30.6 Å². The molecule has 3 fully saturated rings. The summed E-state index contributed by atoms with van der Waals surface area (Å²) in [5.74, 6) is -1.04. The zero-order chi connectivity index (χ0) is 30.3. The number of fused-ring (bicyclic) bond motifs is 3. The van der Waals surface area contributed by atoms with E-state index in [1.165, 1.54) is 47.3 Å². The number of ether oxygens (including phenoxy) is 2. The minimum atomic E-state index is -1.01. The molecule has 5 heterocycles. The lowest BCUT2D eigenvalue weighted by Gasteiger charge is -2.42. The number of hydrogen-bond donors (Lipinski definition) is 0. The van der Waals surface area contributed by atoms with Crippen molar-refractivity contribution in [3.05, 3.63) is 58.6 Å². The van der Waals surface area contributed by atoms with Crippen molar-refractivity contribution < 1.29 is 18.7 Å². The lowest BCUT2D eigenvalue weighted by Crippen LogP contribution is -2.55. The molecule has 44 heavy (non-hydrogen) atoms. The van der Waals surface area contributed by atoms with E-state index >= 15 is 0 Å². The maximum Gasteiger partial charge on any atom is 0.318 e. The first-order chi connectivity index (χ1) is 21.5. The Balaban J connectivity index is 1.20. The maximum absolute atomic E-state index is 13.8. The molecule has 9 nitrogen and oxygen atoms in total. The van der Waals surface area contributed by atoms with Crippen LogP contribution in [0.3, 0.4) is 0 Å². The van der Waals surface area contributed by atoms with Crippen LogP contribution < -0.4 is 9.64 Å². The molecule has 2 aromatic rings. The number of carbonyl (C=O) groups excluding carboxylic acids is 1. The zero-order valence-electron chi connectivity index (χ0n) is 25.4. The normalized spacial score (nSPS) is 24.3. The molecule has 3 saturated heterocycles. The Bertz CT molecular complexity index is 1480. The molecule has 0 N–H and O–H groups in total. The van der Waals surface area contributed by atoms with E-state index in [0.717, 1.165) is 55.8 Å². The molecule has 0 radical (unpaired) electrons. The summed E-state index contributed by atoms with van der Waals surface area (Å²) in [5.41, 5.74) is 6.02. The number of anilines is 1. The second-order valence-electron chi connectivity index (χ2n) is 13.0. The summed E-state index contributed by atoms with van der Waals surface area (Å²) >= 11 is 0. The first-order valence-corrected chi connectivity index (χ1v) is 16.2. The van der Waals surface area contributed by atoms with E-state index in [0.29, 0.717) is 38.7 Å². The van der Waals surface area contributed by atoms with Gasteiger partial charge < -0.3 is 19.3 Å². The predicted molar refractivity (Wildman–Crippen MR) is 163 cm³/mol. The van der Waals surface area contributed by atoms with Gasteiger partial charge in [0.15, 0.2) is 5.83 Å². The Morgan fingerprint density at radius 2 is 1.93 bits per heavy atom. The average molecular weight is 601 g/mol. The number of benzene rings is 1. The minimum Gasteiger partial charge on any atom is -0.461 e. The predicted octanol–water partition coefficient (Wildman–Crippen LogP) is 4.59. The number of halogens is 1. The summed E-state index contributed by atoms with van der Waals surface area (Å²) in [6.45, 7) is 7.42. The molecule has 2 atom stereocenters. The highest BCUT2D eigenvalue weighted by molar-refractivity contribution is 5.91. The van der Waals surface area contributed by atoms with Crippen molar-refractivity contribution in [3.8, 4) is 12.1 Å². The fourth-order valence-corrected chi connectivity index (χ4v) is 8.28. The van der Waals surface area contributed by atoms with Gasteiger partial charge in [-0.25, -0.2) is 4.39 Å². The molecule has 0 bridgehead atoms. The molecule has 232 valence electrons. The van der Waals surface area contributed by atoms with E-state index in [4.69, 9.17) is 19.4 Å². The molecule has 0 unspecified atom stereocenters. The monoisotopic (exact) mass is 600 g/mol. The smallest absolute Gasteiger partial charge is 0.318 e. The third-order valence-electron chi connectivity index (χ3n) is 10.5. The van der Waals surface area contributed by atoms with Gasteiger partial charge in [-0.05, 0) is 81.1 Å². The standard InChI is InChI=1S/C34H41FN6O3/c1-23(35)32(42)41-18-17-39(20-25(41)11-14-36)31-28-21-43-30(27-10-4-8-24-7-2-3-9-26(24)27)19-29(28)37-33(38-31)44-22-34-12-5-15-40(34)16-6-13-34/h4,8,10,25,30H,1-3,5-7,9,11-13,15-22H2/t25-,30+/m0/s1. The van der Waals surface area contributed by atoms with Crippen molar-refractivity contribution in [2.75, 3.05) is 44.2 Å². The molecule has 1 amide bonds. The number of rotatable bonds is 7. The van der Waals surface area contributed by atoms with Crippen LogP contribution in [0.25, 0.3) is 0 Å². The summed E-state index contributed by atoms with van der Waals surface area (Å²) in [5, 5.41) is 9.53. The topological polar surface area (TPSA) is 94.8 Å². The Hall–Kier alpha value is -3.55. The largest absolute Gasteiger partial charge is 0.461 e. The Labute approximate surface area is 258 Å². The highest BCUT2D eigenvalue weighted by Crippen LogP contribution is 2.41. The number of piperazine rings is 1. The second-order valence-corrected chi connectivity index (χ2v) is 13.0. The van der Waals surface area contributed by atoms with E-state index in [2.05, 4.69) is 40.6 Å². The number of aromatic nitrogens is 2. The van der Waals surface area contributed by atoms with E-state index in [9.17, 15) is 14.4 Å². The van der Waals surface area contributed by atoms with E-state index in [1.54, 1.807) is 0 Å². The summed E-state index contributed by atoms with van der Waals surface area (Å²) in [4.78, 5) is 28.6. The SMILES string of the molecule is C=C(F)C(=O)N1CCN(c2nc(OCC34CCCN3CCC4)nc3c2CO[C@@H](c2cccc4c2CCCC4)C3)C[C@@H]1CC#N. The number of aryl methyl sites for hydroxylation is 1. The van der Waals surface area contributed by atoms with Crippen LogP contribution in [-0.2, 0) is 35.4 Å². The highest BCUT2D eigenvalue weighted by atomic mass is 19.1. The van der Waals surface area contributed by atoms with E-state index in [1.807, 2.05) is 0 Å². The summed E-state index contributed by atoms with van der Waals surface area (Å²) < 4.78 is 26.9. The van der Waals surface area contributed by atoms with Crippen molar-refractivity contribution >= 4 is 11.7 Å². The molecule has 0 saturated carbocycles. The van der Waals surface area contributed by atoms with Crippen LogP contribution in [0.5, 0.6) is 6.01 Å². The molecular formula is C34H41FN6O3. The van der Waals surface area contributed by atoms with Crippen molar-refractivity contribution in [2.24, 2.45) is 0 Å². The van der Waals surface area contributed by atoms with Gasteiger partial charge >= 0.3 is 6.01 Å². The number of hydrogen-bond acceptors (Lipinski definition) is 8. The van der Waals surface area contributed by atoms with Crippen molar-refractivity contribution in [1.29, 1.82) is 5.26 Å². The van der Waals surface area contributed by atoms with Crippen molar-refractivity contribution in [2.45, 2.75) is 88.5 Å². The van der Waals surface area contributed by atoms with Gasteiger partial charge in [0.05, 0.1) is 42.5 Å². The molecule has 1 aromatic carbocycles. The highest BCUT2D eigenvalue weighted by Gasteiger charge is 2.45. The third-order valence-corrected chi connectivity index (χ3v) is 10.5. The van der Waals surface area contributed by atoms with Gasteiger partial charge in [-0.1, -0.05) is 24.8 Å². The molecule has 10 heteroatoms. The first kappa shape index (κ1) is 29.2. The van der Waals surface area contributed by atoms with Crippen molar-refractivity contribution in [1.82, 2.24) is 19.8 Å². The molecule has 4 aliphatic heterocycles. The zero-order valence-corrected chi connectivity index (χ0v) is 25.4. The number of nitrogens with zero attached hydrogens (tertiary/aromatic N) is 6. The molecule has 5 aliphatic rings. The molecular weight excluding hydrogens is 559 g/mol. The summed E-state index contributed by atoms with van der Waals surface area (Å²) in [6.07, 6.45) is 9.87. The Morgan fingerprint density at radius 1 is 1.11 bits per heavy atom. The number of amides is 1. The maximum atomic E-state index is 13.8. The molecule has 0 spiro atoms. The summed E-state index contributed by atoms with van der Waals surface area (Å²) in [6, 6.07) is 8.65. The Morgan fingerprint density at radius 3 is 2.73 bits per heavy atom.